The number of anilines is 1. The lowest BCUT2D eigenvalue weighted by Crippen LogP contribution is -2.45. The van der Waals surface area contributed by atoms with Crippen LogP contribution in [0.3, 0.4) is 0 Å². The van der Waals surface area contributed by atoms with Crippen molar-refractivity contribution in [2.75, 3.05) is 18.1 Å². The van der Waals surface area contributed by atoms with Crippen LogP contribution in [0.2, 0.25) is 18.6 Å². The molecule has 1 saturated heterocycles. The third-order valence-electron chi connectivity index (χ3n) is 9.01. The van der Waals surface area contributed by atoms with Gasteiger partial charge in [0.05, 0.1) is 29.1 Å². The monoisotopic (exact) mass is 603 g/mol. The highest BCUT2D eigenvalue weighted by Gasteiger charge is 2.66. The zero-order chi connectivity index (χ0) is 31.1. The quantitative estimate of drug-likeness (QED) is 0.170. The minimum absolute atomic E-state index is 0.163. The van der Waals surface area contributed by atoms with E-state index in [9.17, 15) is 14.7 Å². The number of fused-ring (bicyclic) bond motifs is 3. The lowest BCUT2D eigenvalue weighted by molar-refractivity contribution is -0.146. The third-order valence-corrected chi connectivity index (χ3v) is 11.5. The molecule has 0 unspecified atom stereocenters. The summed E-state index contributed by atoms with van der Waals surface area (Å²) in [5, 5.41) is 15.6. The van der Waals surface area contributed by atoms with Gasteiger partial charge in [-0.25, -0.2) is 0 Å². The van der Waals surface area contributed by atoms with Crippen LogP contribution in [0.15, 0.2) is 76.8 Å². The largest absolute Gasteiger partial charge is 0.396 e. The maximum atomic E-state index is 15.9. The summed E-state index contributed by atoms with van der Waals surface area (Å²) in [7, 11) is -3.32. The van der Waals surface area contributed by atoms with Gasteiger partial charge in [0.1, 0.15) is 0 Å². The Hall–Kier alpha value is -3.40. The van der Waals surface area contributed by atoms with Crippen LogP contribution < -0.4 is 10.5 Å². The highest BCUT2D eigenvalue weighted by molar-refractivity contribution is 6.72. The standard InChI is InChI=1S/C34H42FN3O4Si/c1-22(2)10-9-11-23(3)16-18-37-29-15-14-26(38-32(40)27-13-8-7-12-25(27)21-36-38)20-28(29)34(33(37)41)24(4)31(43(5,6)35)30(42-34)17-19-39/h7-8,10,12-16,20-21,24,30-31,39H,9,11,17-19H2,1-6H3/b23-16+/t24-,30+,31-,34+/m1/s1. The lowest BCUT2D eigenvalue weighted by Gasteiger charge is -2.31. The molecule has 1 aromatic heterocycles. The molecule has 0 aliphatic carbocycles. The first-order valence-electron chi connectivity index (χ1n) is 15.1. The first-order chi connectivity index (χ1) is 20.4. The van der Waals surface area contributed by atoms with Crippen LogP contribution in [0.4, 0.5) is 9.80 Å². The van der Waals surface area contributed by atoms with Gasteiger partial charge in [-0.15, -0.1) is 0 Å². The molecule has 0 bridgehead atoms. The van der Waals surface area contributed by atoms with E-state index in [2.05, 4.69) is 38.0 Å². The van der Waals surface area contributed by atoms with Gasteiger partial charge in [0.2, 0.25) is 8.41 Å². The molecular weight excluding hydrogens is 561 g/mol. The molecule has 2 aliphatic rings. The molecule has 228 valence electrons. The Kier molecular flexibility index (Phi) is 8.62. The zero-order valence-corrected chi connectivity index (χ0v) is 26.9. The van der Waals surface area contributed by atoms with Crippen LogP contribution >= 0.6 is 0 Å². The maximum Gasteiger partial charge on any atom is 0.279 e. The fourth-order valence-electron chi connectivity index (χ4n) is 6.96. The fourth-order valence-corrected chi connectivity index (χ4v) is 9.50. The summed E-state index contributed by atoms with van der Waals surface area (Å²) in [6.45, 7) is 11.6. The van der Waals surface area contributed by atoms with Crippen molar-refractivity contribution >= 4 is 30.8 Å². The van der Waals surface area contributed by atoms with Gasteiger partial charge in [-0.05, 0) is 77.4 Å². The van der Waals surface area contributed by atoms with Gasteiger partial charge in [-0.1, -0.05) is 48.4 Å². The fraction of sp³-hybridized carbons (Fsp3) is 0.441. The summed E-state index contributed by atoms with van der Waals surface area (Å²) in [4.78, 5) is 29.7. The number of amides is 1. The van der Waals surface area contributed by atoms with Crippen molar-refractivity contribution in [2.45, 2.75) is 77.3 Å². The molecule has 3 heterocycles. The normalized spacial score (nSPS) is 23.8. The van der Waals surface area contributed by atoms with Crippen molar-refractivity contribution in [3.05, 3.63) is 87.9 Å². The molecule has 4 atom stereocenters. The molecule has 3 aromatic rings. The summed E-state index contributed by atoms with van der Waals surface area (Å²) in [5.74, 6) is -0.714. The predicted octanol–water partition coefficient (Wildman–Crippen LogP) is 6.58. The van der Waals surface area contributed by atoms with Crippen LogP contribution in [-0.4, -0.2) is 48.5 Å². The van der Waals surface area contributed by atoms with E-state index in [-0.39, 0.29) is 24.5 Å². The molecule has 43 heavy (non-hydrogen) atoms. The van der Waals surface area contributed by atoms with Crippen molar-refractivity contribution in [3.8, 4) is 5.69 Å². The molecule has 2 aromatic carbocycles. The number of carbonyl (C=O) groups excluding carboxylic acids is 1. The van der Waals surface area contributed by atoms with Crippen molar-refractivity contribution < 1.29 is 18.7 Å². The molecule has 1 fully saturated rings. The maximum absolute atomic E-state index is 15.9. The number of aromatic nitrogens is 2. The molecule has 1 spiro atoms. The molecule has 1 amide bonds. The Morgan fingerprint density at radius 2 is 1.88 bits per heavy atom. The highest BCUT2D eigenvalue weighted by atomic mass is 28.4. The van der Waals surface area contributed by atoms with Crippen LogP contribution in [0.1, 0.15) is 52.5 Å². The molecule has 5 rings (SSSR count). The van der Waals surface area contributed by atoms with Gasteiger partial charge in [0.15, 0.2) is 5.60 Å². The van der Waals surface area contributed by atoms with E-state index in [4.69, 9.17) is 4.74 Å². The van der Waals surface area contributed by atoms with Crippen LogP contribution in [0, 0.1) is 5.92 Å². The molecule has 9 heteroatoms. The van der Waals surface area contributed by atoms with Crippen molar-refractivity contribution in [3.63, 3.8) is 0 Å². The van der Waals surface area contributed by atoms with E-state index in [1.54, 1.807) is 36.3 Å². The Bertz CT molecular complexity index is 1660. The van der Waals surface area contributed by atoms with E-state index in [0.717, 1.165) is 18.2 Å². The van der Waals surface area contributed by atoms with E-state index < -0.39 is 31.6 Å². The predicted molar refractivity (Wildman–Crippen MR) is 172 cm³/mol. The number of halogens is 1. The summed E-state index contributed by atoms with van der Waals surface area (Å²) in [6.07, 6.45) is 7.37. The van der Waals surface area contributed by atoms with Gasteiger partial charge < -0.3 is 18.9 Å². The lowest BCUT2D eigenvalue weighted by atomic mass is 9.82. The SMILES string of the molecule is CC(C)=CCC/C(C)=C/CN1C(=O)[C@@]2(O[C@@H](CCO)[C@H]([Si](C)(C)F)[C@H]2C)c2cc(-n3ncc4ccccc4c3=O)ccc21. The minimum atomic E-state index is -3.32. The second kappa shape index (κ2) is 11.9. The number of hydrogen-bond acceptors (Lipinski definition) is 5. The number of carbonyl (C=O) groups is 1. The van der Waals surface area contributed by atoms with E-state index >= 15 is 4.11 Å². The van der Waals surface area contributed by atoms with Crippen LogP contribution in [0.5, 0.6) is 0 Å². The van der Waals surface area contributed by atoms with E-state index in [0.29, 0.717) is 28.9 Å². The number of rotatable bonds is 9. The number of hydrogen-bond donors (Lipinski definition) is 1. The van der Waals surface area contributed by atoms with Gasteiger partial charge >= 0.3 is 0 Å². The molecule has 0 saturated carbocycles. The van der Waals surface area contributed by atoms with E-state index in [1.807, 2.05) is 37.3 Å². The Labute approximate surface area is 253 Å². The number of allylic oxidation sites excluding steroid dienone is 3. The minimum Gasteiger partial charge on any atom is -0.396 e. The first kappa shape index (κ1) is 31.0. The topological polar surface area (TPSA) is 84.7 Å². The molecule has 2 aliphatic heterocycles. The smallest absolute Gasteiger partial charge is 0.279 e. The van der Waals surface area contributed by atoms with Crippen molar-refractivity contribution in [2.24, 2.45) is 5.92 Å². The van der Waals surface area contributed by atoms with Crippen molar-refractivity contribution in [1.82, 2.24) is 9.78 Å². The van der Waals surface area contributed by atoms with Crippen molar-refractivity contribution in [1.29, 1.82) is 0 Å². The Morgan fingerprint density at radius 3 is 2.58 bits per heavy atom. The van der Waals surface area contributed by atoms with Gasteiger partial charge in [-0.3, -0.25) is 9.59 Å². The van der Waals surface area contributed by atoms with Gasteiger partial charge in [0.25, 0.3) is 11.5 Å². The van der Waals surface area contributed by atoms with Gasteiger partial charge in [0, 0.05) is 35.6 Å². The van der Waals surface area contributed by atoms with Crippen LogP contribution in [0.25, 0.3) is 16.5 Å². The highest BCUT2D eigenvalue weighted by Crippen LogP contribution is 2.60. The number of aliphatic hydroxyl groups is 1. The Morgan fingerprint density at radius 1 is 1.14 bits per heavy atom. The summed E-state index contributed by atoms with van der Waals surface area (Å²) >= 11 is 0. The third kappa shape index (κ3) is 5.54. The summed E-state index contributed by atoms with van der Waals surface area (Å²) < 4.78 is 23.9. The number of ether oxygens (including phenoxy) is 1. The second-order valence-electron chi connectivity index (χ2n) is 12.7. The van der Waals surface area contributed by atoms with Gasteiger partial charge in [-0.2, -0.15) is 9.78 Å². The summed E-state index contributed by atoms with van der Waals surface area (Å²) in [6, 6.07) is 12.7. The molecule has 7 nitrogen and oxygen atoms in total. The van der Waals surface area contributed by atoms with E-state index in [1.165, 1.54) is 15.8 Å². The number of benzene rings is 2. The average molecular weight is 604 g/mol. The molecule has 0 radical (unpaired) electrons. The van der Waals surface area contributed by atoms with Crippen LogP contribution in [-0.2, 0) is 15.1 Å². The number of aliphatic hydroxyl groups excluding tert-OH is 1. The Balaban J connectivity index is 1.63. The number of nitrogens with zero attached hydrogens (tertiary/aromatic N) is 3. The summed E-state index contributed by atoms with van der Waals surface area (Å²) in [5.41, 5.74) is 2.05. The average Bonchev–Trinajstić information content (AvgIpc) is 3.38. The molecular formula is C34H42FN3O4Si. The zero-order valence-electron chi connectivity index (χ0n) is 25.9. The molecule has 1 N–H and O–H groups in total. The second-order valence-corrected chi connectivity index (χ2v) is 16.5. The first-order valence-corrected chi connectivity index (χ1v) is 18.1.